The zero-order valence-corrected chi connectivity index (χ0v) is 35.0. The average Bonchev–Trinajstić information content (AvgIpc) is 3.11. The van der Waals surface area contributed by atoms with Gasteiger partial charge >= 0.3 is 0 Å². The third-order valence-electron chi connectivity index (χ3n) is 7.55. The molecule has 2 rings (SSSR count). The molecule has 0 amide bonds. The first kappa shape index (κ1) is 52.5. The van der Waals surface area contributed by atoms with Gasteiger partial charge < -0.3 is 5.32 Å². The molecule has 1 N–H and O–H groups in total. The molecule has 0 bridgehead atoms. The molecule has 0 radical (unpaired) electrons. The fraction of sp³-hybridized carbons (Fsp3) is 0.500. The van der Waals surface area contributed by atoms with Crippen LogP contribution in [-0.2, 0) is 6.42 Å². The van der Waals surface area contributed by atoms with E-state index in [1.807, 2.05) is 46.0 Å². The zero-order valence-electron chi connectivity index (χ0n) is 35.0. The Labute approximate surface area is 308 Å². The van der Waals surface area contributed by atoms with Gasteiger partial charge in [0.1, 0.15) is 0 Å². The lowest BCUT2D eigenvalue weighted by Gasteiger charge is -2.02. The Morgan fingerprint density at radius 3 is 1.39 bits per heavy atom. The third-order valence-corrected chi connectivity index (χ3v) is 7.55. The molecule has 0 atom stereocenters. The van der Waals surface area contributed by atoms with Crippen molar-refractivity contribution in [2.24, 2.45) is 0 Å². The van der Waals surface area contributed by atoms with Crippen molar-refractivity contribution in [2.45, 2.75) is 154 Å². The van der Waals surface area contributed by atoms with Crippen LogP contribution in [0.15, 0.2) is 115 Å². The van der Waals surface area contributed by atoms with Gasteiger partial charge in [-0.05, 0) is 95.1 Å². The maximum atomic E-state index is 3.92. The minimum Gasteiger partial charge on any atom is -0.388 e. The smallest absolute Gasteiger partial charge is 0.0332 e. The van der Waals surface area contributed by atoms with Crippen LogP contribution in [0.4, 0.5) is 0 Å². The zero-order chi connectivity index (χ0) is 38.5. The predicted octanol–water partition coefficient (Wildman–Crippen LogP) is 15.9. The summed E-state index contributed by atoms with van der Waals surface area (Å²) in [5.74, 6) is 0. The topological polar surface area (TPSA) is 12.0 Å². The molecule has 1 nitrogen and oxygen atoms in total. The van der Waals surface area contributed by atoms with Gasteiger partial charge in [0.15, 0.2) is 0 Å². The minimum absolute atomic E-state index is 0.857. The number of benzene rings is 2. The van der Waals surface area contributed by atoms with E-state index in [1.54, 1.807) is 0 Å². The molecule has 278 valence electrons. The second-order valence-corrected chi connectivity index (χ2v) is 12.7. The monoisotopic (exact) mass is 672 g/mol. The van der Waals surface area contributed by atoms with Crippen LogP contribution in [0.1, 0.15) is 156 Å². The first-order valence-electron chi connectivity index (χ1n) is 19.0. The summed E-state index contributed by atoms with van der Waals surface area (Å²) in [6.07, 6.45) is 20.3. The van der Waals surface area contributed by atoms with E-state index in [4.69, 9.17) is 0 Å². The highest BCUT2D eigenvalue weighted by atomic mass is 14.8. The number of hydrogen-bond donors (Lipinski definition) is 1. The van der Waals surface area contributed by atoms with Gasteiger partial charge in [0.05, 0.1) is 0 Å². The molecule has 0 aliphatic carbocycles. The highest BCUT2D eigenvalue weighted by molar-refractivity contribution is 5.61. The molecule has 0 aromatic heterocycles. The normalized spacial score (nSPS) is 9.78. The molecule has 0 spiro atoms. The summed E-state index contributed by atoms with van der Waals surface area (Å²) in [6.45, 7) is 41.0. The quantitative estimate of drug-likeness (QED) is 0.156. The molecule has 0 aliphatic rings. The van der Waals surface area contributed by atoms with Crippen LogP contribution in [0.25, 0.3) is 5.57 Å². The summed E-state index contributed by atoms with van der Waals surface area (Å²) in [6, 6.07) is 17.1. The van der Waals surface area contributed by atoms with Gasteiger partial charge in [-0.15, -0.1) is 6.58 Å². The number of likely N-dealkylation sites (N-methyl/N-ethyl adjacent to an activating group) is 1. The van der Waals surface area contributed by atoms with Crippen molar-refractivity contribution < 1.29 is 0 Å². The summed E-state index contributed by atoms with van der Waals surface area (Å²) in [4.78, 5) is 0. The van der Waals surface area contributed by atoms with Gasteiger partial charge in [-0.25, -0.2) is 0 Å². The summed E-state index contributed by atoms with van der Waals surface area (Å²) >= 11 is 0. The van der Waals surface area contributed by atoms with E-state index in [1.165, 1.54) is 104 Å². The Morgan fingerprint density at radius 1 is 0.633 bits per heavy atom. The van der Waals surface area contributed by atoms with Crippen molar-refractivity contribution in [1.82, 2.24) is 5.32 Å². The van der Waals surface area contributed by atoms with E-state index in [-0.39, 0.29) is 0 Å². The van der Waals surface area contributed by atoms with Crippen molar-refractivity contribution in [2.75, 3.05) is 7.05 Å². The lowest BCUT2D eigenvalue weighted by atomic mass is 10.0. The number of aryl methyl sites for hydroxylation is 3. The minimum atomic E-state index is 0.857. The van der Waals surface area contributed by atoms with E-state index in [0.717, 1.165) is 16.8 Å². The van der Waals surface area contributed by atoms with Gasteiger partial charge in [-0.1, -0.05) is 190 Å². The van der Waals surface area contributed by atoms with Crippen LogP contribution in [0.2, 0.25) is 0 Å². The fourth-order valence-corrected chi connectivity index (χ4v) is 3.42. The summed E-state index contributed by atoms with van der Waals surface area (Å²) in [5.41, 5.74) is 10.9. The van der Waals surface area contributed by atoms with Crippen LogP contribution in [-0.4, -0.2) is 7.05 Å². The Kier molecular flexibility index (Phi) is 41.9. The molecular formula is C48H81N. The molecule has 2 aromatic carbocycles. The van der Waals surface area contributed by atoms with Crippen LogP contribution in [0.3, 0.4) is 0 Å². The van der Waals surface area contributed by atoms with Crippen LogP contribution in [0, 0.1) is 13.8 Å². The lowest BCUT2D eigenvalue weighted by Crippen LogP contribution is -2.04. The maximum Gasteiger partial charge on any atom is 0.0332 e. The number of unbranched alkanes of at least 4 members (excludes halogenated alkanes) is 5. The molecule has 1 heteroatoms. The molecule has 49 heavy (non-hydrogen) atoms. The van der Waals surface area contributed by atoms with E-state index >= 15 is 0 Å². The van der Waals surface area contributed by atoms with Gasteiger partial charge in [-0.3, -0.25) is 0 Å². The molecular weight excluding hydrogens is 591 g/mol. The van der Waals surface area contributed by atoms with Gasteiger partial charge in [0.2, 0.25) is 0 Å². The van der Waals surface area contributed by atoms with Gasteiger partial charge in [-0.2, -0.15) is 0 Å². The van der Waals surface area contributed by atoms with E-state index in [9.17, 15) is 0 Å². The SMILES string of the molecule is C=C(/C=C\C(C)=C/C)C(=C)NC.C=C(C)CCCC.C=C(C)c1ccc(CCCC)cc1.CCCC.CCCCC.Cc1ccccc1C. The third kappa shape index (κ3) is 39.0. The molecule has 0 unspecified atom stereocenters. The molecule has 0 saturated carbocycles. The van der Waals surface area contributed by atoms with Gasteiger partial charge in [0.25, 0.3) is 0 Å². The first-order chi connectivity index (χ1) is 23.3. The standard InChI is InChI=1S/C13H18.C11H17N.C8H10.C7H14.C5H12.C4H10/c1-4-5-6-12-7-9-13(10-8-12)11(2)3;1-6-9(2)7-8-10(3)11(4)12-5;1-7-5-3-4-6-8(7)2;1-4-5-6-7(2)3;1-3-5-4-2;1-3-4-2/h7-10H,2,4-6H2,1,3H3;6-8,12H,3-4H2,1-2,5H3;3-6H,1-2H3;2,4-6H2,1,3H3;3-5H2,1-2H3;3-4H2,1-2H3/b;8-7-,9-6-;;;;. The molecule has 0 aliphatic heterocycles. The van der Waals surface area contributed by atoms with Crippen LogP contribution >= 0.6 is 0 Å². The van der Waals surface area contributed by atoms with Crippen molar-refractivity contribution in [1.29, 1.82) is 0 Å². The second-order valence-electron chi connectivity index (χ2n) is 12.7. The number of hydrogen-bond acceptors (Lipinski definition) is 1. The highest BCUT2D eigenvalue weighted by Gasteiger charge is 1.94. The van der Waals surface area contributed by atoms with E-state index in [2.05, 4.69) is 142 Å². The molecule has 2 aromatic rings. The molecule has 0 fully saturated rings. The van der Waals surface area contributed by atoms with Crippen LogP contribution < -0.4 is 5.32 Å². The molecule has 0 heterocycles. The van der Waals surface area contributed by atoms with Crippen molar-refractivity contribution in [3.8, 4) is 0 Å². The van der Waals surface area contributed by atoms with E-state index in [0.29, 0.717) is 0 Å². The Hall–Kier alpha value is -3.32. The Bertz CT molecular complexity index is 1110. The lowest BCUT2D eigenvalue weighted by molar-refractivity contribution is 0.772. The largest absolute Gasteiger partial charge is 0.388 e. The predicted molar refractivity (Wildman–Crippen MR) is 232 cm³/mol. The highest BCUT2D eigenvalue weighted by Crippen LogP contribution is 2.13. The molecule has 0 saturated heterocycles. The first-order valence-corrected chi connectivity index (χ1v) is 19.0. The number of nitrogens with one attached hydrogen (secondary N) is 1. The number of allylic oxidation sites excluding steroid dienone is 6. The number of rotatable bonds is 14. The maximum absolute atomic E-state index is 3.92. The van der Waals surface area contributed by atoms with Crippen molar-refractivity contribution in [3.63, 3.8) is 0 Å². The van der Waals surface area contributed by atoms with Crippen LogP contribution in [0.5, 0.6) is 0 Å². The van der Waals surface area contributed by atoms with Gasteiger partial charge in [0, 0.05) is 12.7 Å². The van der Waals surface area contributed by atoms with Crippen molar-refractivity contribution >= 4 is 5.57 Å². The fourth-order valence-electron chi connectivity index (χ4n) is 3.42. The van der Waals surface area contributed by atoms with E-state index < -0.39 is 0 Å². The summed E-state index contributed by atoms with van der Waals surface area (Å²) < 4.78 is 0. The summed E-state index contributed by atoms with van der Waals surface area (Å²) in [7, 11) is 1.84. The van der Waals surface area contributed by atoms with Crippen molar-refractivity contribution in [3.05, 3.63) is 138 Å². The Balaban J connectivity index is -0.000000260. The Morgan fingerprint density at radius 2 is 1.10 bits per heavy atom. The summed E-state index contributed by atoms with van der Waals surface area (Å²) in [5, 5.41) is 2.94. The second kappa shape index (κ2) is 39.1. The average molecular weight is 672 g/mol.